The number of nitrogens with zero attached hydrogens (tertiary/aromatic N) is 2. The van der Waals surface area contributed by atoms with Crippen molar-refractivity contribution in [3.8, 4) is 0 Å². The molecule has 0 aliphatic rings. The highest BCUT2D eigenvalue weighted by Gasteiger charge is 2.07. The maximum absolute atomic E-state index is 5.91. The lowest BCUT2D eigenvalue weighted by Crippen LogP contribution is -2.12. The standard InChI is InChI=1S/C10H15N3/c1-3-8(2)6-9(11)10-7-12-4-5-13-10/h4-5,7,9H,2-3,6,11H2,1H3. The summed E-state index contributed by atoms with van der Waals surface area (Å²) in [5.41, 5.74) is 7.89. The van der Waals surface area contributed by atoms with Gasteiger partial charge in [0.2, 0.25) is 0 Å². The van der Waals surface area contributed by atoms with Crippen LogP contribution in [0, 0.1) is 0 Å². The Kier molecular flexibility index (Phi) is 3.58. The minimum atomic E-state index is -0.0684. The van der Waals surface area contributed by atoms with Gasteiger partial charge in [0.15, 0.2) is 0 Å². The van der Waals surface area contributed by atoms with Gasteiger partial charge in [-0.05, 0) is 12.8 Å². The minimum Gasteiger partial charge on any atom is -0.322 e. The average Bonchev–Trinajstić information content (AvgIpc) is 2.19. The van der Waals surface area contributed by atoms with Crippen LogP contribution in [0.3, 0.4) is 0 Å². The second-order valence-electron chi connectivity index (χ2n) is 3.04. The van der Waals surface area contributed by atoms with Crippen molar-refractivity contribution in [2.24, 2.45) is 5.73 Å². The van der Waals surface area contributed by atoms with E-state index in [0.29, 0.717) is 0 Å². The van der Waals surface area contributed by atoms with Crippen LogP contribution in [-0.2, 0) is 0 Å². The Labute approximate surface area is 78.7 Å². The number of hydrogen-bond donors (Lipinski definition) is 1. The van der Waals surface area contributed by atoms with Crippen LogP contribution in [0.2, 0.25) is 0 Å². The van der Waals surface area contributed by atoms with Gasteiger partial charge < -0.3 is 5.73 Å². The summed E-state index contributed by atoms with van der Waals surface area (Å²) in [6.07, 6.45) is 6.76. The van der Waals surface area contributed by atoms with Crippen LogP contribution in [0.25, 0.3) is 0 Å². The van der Waals surface area contributed by atoms with Gasteiger partial charge in [0, 0.05) is 18.6 Å². The summed E-state index contributed by atoms with van der Waals surface area (Å²) in [7, 11) is 0. The zero-order valence-electron chi connectivity index (χ0n) is 7.90. The first-order valence-corrected chi connectivity index (χ1v) is 4.42. The van der Waals surface area contributed by atoms with Crippen molar-refractivity contribution < 1.29 is 0 Å². The second kappa shape index (κ2) is 4.72. The molecular weight excluding hydrogens is 162 g/mol. The third-order valence-electron chi connectivity index (χ3n) is 1.97. The maximum Gasteiger partial charge on any atom is 0.0757 e. The summed E-state index contributed by atoms with van der Waals surface area (Å²) in [5, 5.41) is 0. The Balaban J connectivity index is 2.59. The molecule has 70 valence electrons. The molecule has 13 heavy (non-hydrogen) atoms. The monoisotopic (exact) mass is 177 g/mol. The normalized spacial score (nSPS) is 12.5. The molecule has 0 saturated carbocycles. The summed E-state index contributed by atoms with van der Waals surface area (Å²) in [6, 6.07) is -0.0684. The van der Waals surface area contributed by atoms with E-state index in [2.05, 4.69) is 23.5 Å². The molecule has 0 bridgehead atoms. The lowest BCUT2D eigenvalue weighted by Gasteiger charge is -2.10. The fourth-order valence-electron chi connectivity index (χ4n) is 1.06. The van der Waals surface area contributed by atoms with Crippen molar-refractivity contribution in [1.82, 2.24) is 9.97 Å². The fourth-order valence-corrected chi connectivity index (χ4v) is 1.06. The van der Waals surface area contributed by atoms with Crippen LogP contribution in [0.15, 0.2) is 30.7 Å². The number of aromatic nitrogens is 2. The van der Waals surface area contributed by atoms with Gasteiger partial charge in [-0.15, -0.1) is 0 Å². The summed E-state index contributed by atoms with van der Waals surface area (Å²) in [6.45, 7) is 5.99. The van der Waals surface area contributed by atoms with Crippen molar-refractivity contribution >= 4 is 0 Å². The van der Waals surface area contributed by atoms with Crippen molar-refractivity contribution in [2.45, 2.75) is 25.8 Å². The van der Waals surface area contributed by atoms with E-state index in [0.717, 1.165) is 24.1 Å². The maximum atomic E-state index is 5.91. The van der Waals surface area contributed by atoms with Gasteiger partial charge in [0.25, 0.3) is 0 Å². The largest absolute Gasteiger partial charge is 0.322 e. The molecule has 1 atom stereocenters. The van der Waals surface area contributed by atoms with Crippen molar-refractivity contribution in [2.75, 3.05) is 0 Å². The van der Waals surface area contributed by atoms with Crippen LogP contribution in [0.1, 0.15) is 31.5 Å². The van der Waals surface area contributed by atoms with E-state index in [1.165, 1.54) is 0 Å². The number of rotatable bonds is 4. The number of hydrogen-bond acceptors (Lipinski definition) is 3. The fraction of sp³-hybridized carbons (Fsp3) is 0.400. The van der Waals surface area contributed by atoms with Gasteiger partial charge in [-0.2, -0.15) is 0 Å². The molecule has 1 aromatic rings. The van der Waals surface area contributed by atoms with Crippen molar-refractivity contribution in [1.29, 1.82) is 0 Å². The molecule has 1 heterocycles. The zero-order chi connectivity index (χ0) is 9.68. The molecule has 0 aromatic carbocycles. The molecule has 2 N–H and O–H groups in total. The Hall–Kier alpha value is -1.22. The van der Waals surface area contributed by atoms with Crippen LogP contribution >= 0.6 is 0 Å². The quantitative estimate of drug-likeness (QED) is 0.714. The van der Waals surface area contributed by atoms with Gasteiger partial charge in [0.1, 0.15) is 0 Å². The minimum absolute atomic E-state index is 0.0684. The Bertz CT molecular complexity index is 269. The molecular formula is C10H15N3. The molecule has 0 fully saturated rings. The second-order valence-corrected chi connectivity index (χ2v) is 3.04. The molecule has 0 radical (unpaired) electrons. The Morgan fingerprint density at radius 1 is 1.62 bits per heavy atom. The molecule has 3 nitrogen and oxygen atoms in total. The molecule has 0 spiro atoms. The molecule has 0 aliphatic heterocycles. The van der Waals surface area contributed by atoms with E-state index in [4.69, 9.17) is 5.73 Å². The smallest absolute Gasteiger partial charge is 0.0757 e. The molecule has 3 heteroatoms. The highest BCUT2D eigenvalue weighted by molar-refractivity contribution is 5.07. The summed E-state index contributed by atoms with van der Waals surface area (Å²) in [4.78, 5) is 8.10. The Morgan fingerprint density at radius 3 is 2.92 bits per heavy atom. The van der Waals surface area contributed by atoms with Crippen LogP contribution in [-0.4, -0.2) is 9.97 Å². The molecule has 0 aliphatic carbocycles. The Morgan fingerprint density at radius 2 is 2.38 bits per heavy atom. The molecule has 0 saturated heterocycles. The zero-order valence-corrected chi connectivity index (χ0v) is 7.90. The lowest BCUT2D eigenvalue weighted by atomic mass is 10.0. The van der Waals surface area contributed by atoms with Gasteiger partial charge >= 0.3 is 0 Å². The predicted octanol–water partition coefficient (Wildman–Crippen LogP) is 1.83. The molecule has 1 aromatic heterocycles. The average molecular weight is 177 g/mol. The highest BCUT2D eigenvalue weighted by Crippen LogP contribution is 2.16. The number of nitrogens with two attached hydrogens (primary N) is 1. The first-order chi connectivity index (χ1) is 6.24. The first kappa shape index (κ1) is 9.86. The SMILES string of the molecule is C=C(CC)CC(N)c1cnccn1. The summed E-state index contributed by atoms with van der Waals surface area (Å²) in [5.74, 6) is 0. The van der Waals surface area contributed by atoms with E-state index >= 15 is 0 Å². The lowest BCUT2D eigenvalue weighted by molar-refractivity contribution is 0.674. The van der Waals surface area contributed by atoms with Crippen molar-refractivity contribution in [3.63, 3.8) is 0 Å². The highest BCUT2D eigenvalue weighted by atomic mass is 14.8. The molecule has 1 rings (SSSR count). The van der Waals surface area contributed by atoms with E-state index in [1.54, 1.807) is 18.6 Å². The van der Waals surface area contributed by atoms with E-state index < -0.39 is 0 Å². The van der Waals surface area contributed by atoms with E-state index in [1.807, 2.05) is 0 Å². The van der Waals surface area contributed by atoms with Gasteiger partial charge in [-0.3, -0.25) is 9.97 Å². The van der Waals surface area contributed by atoms with E-state index in [-0.39, 0.29) is 6.04 Å². The predicted molar refractivity (Wildman–Crippen MR) is 53.0 cm³/mol. The topological polar surface area (TPSA) is 51.8 Å². The van der Waals surface area contributed by atoms with Crippen LogP contribution in [0.5, 0.6) is 0 Å². The van der Waals surface area contributed by atoms with Crippen LogP contribution < -0.4 is 5.73 Å². The van der Waals surface area contributed by atoms with Gasteiger partial charge in [-0.25, -0.2) is 0 Å². The third-order valence-corrected chi connectivity index (χ3v) is 1.97. The first-order valence-electron chi connectivity index (χ1n) is 4.42. The summed E-state index contributed by atoms with van der Waals surface area (Å²) >= 11 is 0. The molecule has 1 unspecified atom stereocenters. The third kappa shape index (κ3) is 2.95. The van der Waals surface area contributed by atoms with Crippen LogP contribution in [0.4, 0.5) is 0 Å². The van der Waals surface area contributed by atoms with Gasteiger partial charge in [-0.1, -0.05) is 19.1 Å². The van der Waals surface area contributed by atoms with Gasteiger partial charge in [0.05, 0.1) is 11.7 Å². The van der Waals surface area contributed by atoms with E-state index in [9.17, 15) is 0 Å². The molecule has 0 amide bonds. The summed E-state index contributed by atoms with van der Waals surface area (Å²) < 4.78 is 0. The van der Waals surface area contributed by atoms with Crippen molar-refractivity contribution in [3.05, 3.63) is 36.4 Å².